The molecule has 0 saturated heterocycles. The van der Waals surface area contributed by atoms with Gasteiger partial charge in [0, 0.05) is 19.4 Å². The summed E-state index contributed by atoms with van der Waals surface area (Å²) in [7, 11) is -3.28. The molecule has 1 rings (SSSR count). The molecular formula is C10H13NO4S. The number of pyridine rings is 1. The van der Waals surface area contributed by atoms with E-state index in [4.69, 9.17) is 4.74 Å². The molecule has 88 valence electrons. The van der Waals surface area contributed by atoms with Crippen LogP contribution in [0.5, 0.6) is 0 Å². The Bertz CT molecular complexity index is 508. The molecule has 5 nitrogen and oxygen atoms in total. The summed E-state index contributed by atoms with van der Waals surface area (Å²) in [5.41, 5.74) is 0.976. The first-order valence-corrected chi connectivity index (χ1v) is 6.49. The molecule has 0 spiro atoms. The van der Waals surface area contributed by atoms with Gasteiger partial charge in [-0.3, -0.25) is 9.78 Å². The van der Waals surface area contributed by atoms with Crippen molar-refractivity contribution < 1.29 is 17.9 Å². The summed E-state index contributed by atoms with van der Waals surface area (Å²) in [5.74, 6) is -0.425. The zero-order valence-corrected chi connectivity index (χ0v) is 10.2. The van der Waals surface area contributed by atoms with Gasteiger partial charge in [0.2, 0.25) is 0 Å². The van der Waals surface area contributed by atoms with Crippen LogP contribution in [0.4, 0.5) is 0 Å². The summed E-state index contributed by atoms with van der Waals surface area (Å²) in [6.07, 6.45) is 2.52. The summed E-state index contributed by atoms with van der Waals surface area (Å²) in [5, 5.41) is 0. The summed E-state index contributed by atoms with van der Waals surface area (Å²) >= 11 is 0. The van der Waals surface area contributed by atoms with Crippen molar-refractivity contribution in [3.05, 3.63) is 23.5 Å². The monoisotopic (exact) mass is 243 g/mol. The number of hydrogen-bond donors (Lipinski definition) is 0. The molecule has 0 aliphatic carbocycles. The van der Waals surface area contributed by atoms with Gasteiger partial charge in [0.25, 0.3) is 0 Å². The maximum atomic E-state index is 11.4. The lowest BCUT2D eigenvalue weighted by molar-refractivity contribution is -0.142. The molecule has 1 aromatic rings. The van der Waals surface area contributed by atoms with Gasteiger partial charge in [-0.1, -0.05) is 0 Å². The first-order valence-electron chi connectivity index (χ1n) is 4.60. The van der Waals surface area contributed by atoms with Crippen LogP contribution >= 0.6 is 0 Å². The number of hydrogen-bond acceptors (Lipinski definition) is 5. The first kappa shape index (κ1) is 12.6. The second kappa shape index (κ2) is 4.61. The van der Waals surface area contributed by atoms with Crippen molar-refractivity contribution in [3.8, 4) is 0 Å². The fourth-order valence-corrected chi connectivity index (χ4v) is 2.26. The van der Waals surface area contributed by atoms with E-state index in [0.29, 0.717) is 11.3 Å². The van der Waals surface area contributed by atoms with Crippen molar-refractivity contribution in [3.63, 3.8) is 0 Å². The van der Waals surface area contributed by atoms with Crippen molar-refractivity contribution in [1.82, 2.24) is 4.98 Å². The van der Waals surface area contributed by atoms with Crippen LogP contribution in [-0.2, 0) is 26.0 Å². The smallest absolute Gasteiger partial charge is 0.303 e. The fourth-order valence-electron chi connectivity index (χ4n) is 1.28. The Balaban J connectivity index is 3.10. The lowest BCUT2D eigenvalue weighted by Gasteiger charge is -2.08. The second-order valence-corrected chi connectivity index (χ2v) is 5.42. The summed E-state index contributed by atoms with van der Waals surface area (Å²) in [6.45, 7) is 2.92. The van der Waals surface area contributed by atoms with Crippen LogP contribution in [0.15, 0.2) is 17.2 Å². The van der Waals surface area contributed by atoms with E-state index >= 15 is 0 Å². The van der Waals surface area contributed by atoms with Gasteiger partial charge in [-0.15, -0.1) is 0 Å². The Hall–Kier alpha value is -1.43. The summed E-state index contributed by atoms with van der Waals surface area (Å²) < 4.78 is 27.6. The third-order valence-electron chi connectivity index (χ3n) is 2.07. The maximum absolute atomic E-state index is 11.4. The highest BCUT2D eigenvalue weighted by Crippen LogP contribution is 2.17. The Morgan fingerprint density at radius 2 is 2.12 bits per heavy atom. The average molecular weight is 243 g/mol. The SMILES string of the molecule is CC(=O)OCc1nccc(S(C)(=O)=O)c1C. The van der Waals surface area contributed by atoms with Crippen LogP contribution in [0.1, 0.15) is 18.2 Å². The van der Waals surface area contributed by atoms with Crippen molar-refractivity contribution in [1.29, 1.82) is 0 Å². The van der Waals surface area contributed by atoms with Gasteiger partial charge < -0.3 is 4.74 Å². The number of sulfone groups is 1. The molecule has 0 unspecified atom stereocenters. The molecule has 0 radical (unpaired) electrons. The molecule has 0 aromatic carbocycles. The van der Waals surface area contributed by atoms with Gasteiger partial charge >= 0.3 is 5.97 Å². The van der Waals surface area contributed by atoms with E-state index in [2.05, 4.69) is 4.98 Å². The number of carbonyl (C=O) groups is 1. The van der Waals surface area contributed by atoms with E-state index in [1.165, 1.54) is 19.2 Å². The molecule has 0 bridgehead atoms. The molecule has 0 aliphatic heterocycles. The molecule has 1 heterocycles. The third-order valence-corrected chi connectivity index (χ3v) is 3.31. The van der Waals surface area contributed by atoms with Gasteiger partial charge in [0.1, 0.15) is 6.61 Å². The lowest BCUT2D eigenvalue weighted by atomic mass is 10.2. The highest BCUT2D eigenvalue weighted by Gasteiger charge is 2.14. The average Bonchev–Trinajstić information content (AvgIpc) is 2.14. The van der Waals surface area contributed by atoms with E-state index in [0.717, 1.165) is 6.26 Å². The minimum Gasteiger partial charge on any atom is -0.459 e. The predicted octanol–water partition coefficient (Wildman–Crippen LogP) is 0.857. The molecule has 1 aromatic heterocycles. The van der Waals surface area contributed by atoms with E-state index in [-0.39, 0.29) is 11.5 Å². The van der Waals surface area contributed by atoms with Crippen molar-refractivity contribution >= 4 is 15.8 Å². The summed E-state index contributed by atoms with van der Waals surface area (Å²) in [6, 6.07) is 1.43. The highest BCUT2D eigenvalue weighted by molar-refractivity contribution is 7.90. The zero-order valence-electron chi connectivity index (χ0n) is 9.35. The summed E-state index contributed by atoms with van der Waals surface area (Å²) in [4.78, 5) is 14.8. The quantitative estimate of drug-likeness (QED) is 0.736. The first-order chi connectivity index (χ1) is 7.32. The van der Waals surface area contributed by atoms with Crippen molar-refractivity contribution in [2.75, 3.05) is 6.26 Å². The number of rotatable bonds is 3. The topological polar surface area (TPSA) is 73.3 Å². The van der Waals surface area contributed by atoms with E-state index in [1.807, 2.05) is 0 Å². The molecule has 16 heavy (non-hydrogen) atoms. The Labute approximate surface area is 94.4 Å². The molecular weight excluding hydrogens is 230 g/mol. The Kier molecular flexibility index (Phi) is 3.64. The second-order valence-electron chi connectivity index (χ2n) is 3.43. The van der Waals surface area contributed by atoms with Crippen LogP contribution < -0.4 is 0 Å². The third kappa shape index (κ3) is 3.03. The number of nitrogens with zero attached hydrogens (tertiary/aromatic N) is 1. The van der Waals surface area contributed by atoms with Crippen LogP contribution in [0.2, 0.25) is 0 Å². The molecule has 0 aliphatic rings. The van der Waals surface area contributed by atoms with Gasteiger partial charge in [-0.25, -0.2) is 8.42 Å². The number of carbonyl (C=O) groups excluding carboxylic acids is 1. The van der Waals surface area contributed by atoms with E-state index < -0.39 is 15.8 Å². The van der Waals surface area contributed by atoms with Crippen LogP contribution in [0.25, 0.3) is 0 Å². The normalized spacial score (nSPS) is 11.2. The minimum atomic E-state index is -3.28. The van der Waals surface area contributed by atoms with Crippen LogP contribution in [0.3, 0.4) is 0 Å². The number of aromatic nitrogens is 1. The van der Waals surface area contributed by atoms with E-state index in [1.54, 1.807) is 6.92 Å². The lowest BCUT2D eigenvalue weighted by Crippen LogP contribution is -2.07. The fraction of sp³-hybridized carbons (Fsp3) is 0.400. The van der Waals surface area contributed by atoms with Gasteiger partial charge in [0.15, 0.2) is 9.84 Å². The highest BCUT2D eigenvalue weighted by atomic mass is 32.2. The van der Waals surface area contributed by atoms with Gasteiger partial charge in [-0.2, -0.15) is 0 Å². The standard InChI is InChI=1S/C10H13NO4S/c1-7-9(6-15-8(2)12)11-5-4-10(7)16(3,13)14/h4-5H,6H2,1-3H3. The minimum absolute atomic E-state index is 0.00940. The molecule has 0 atom stereocenters. The van der Waals surface area contributed by atoms with Gasteiger partial charge in [-0.05, 0) is 18.6 Å². The predicted molar refractivity (Wildman–Crippen MR) is 57.6 cm³/mol. The van der Waals surface area contributed by atoms with Crippen LogP contribution in [-0.4, -0.2) is 25.6 Å². The Morgan fingerprint density at radius 3 is 2.62 bits per heavy atom. The maximum Gasteiger partial charge on any atom is 0.303 e. The molecule has 0 saturated carbocycles. The molecule has 6 heteroatoms. The largest absolute Gasteiger partial charge is 0.459 e. The molecule has 0 amide bonds. The van der Waals surface area contributed by atoms with Crippen LogP contribution in [0, 0.1) is 6.92 Å². The van der Waals surface area contributed by atoms with Crippen molar-refractivity contribution in [2.24, 2.45) is 0 Å². The Morgan fingerprint density at radius 1 is 1.50 bits per heavy atom. The van der Waals surface area contributed by atoms with Crippen molar-refractivity contribution in [2.45, 2.75) is 25.3 Å². The molecule has 0 N–H and O–H groups in total. The van der Waals surface area contributed by atoms with E-state index in [9.17, 15) is 13.2 Å². The zero-order chi connectivity index (χ0) is 12.3. The molecule has 0 fully saturated rings. The number of ether oxygens (including phenoxy) is 1. The number of esters is 1. The van der Waals surface area contributed by atoms with Gasteiger partial charge in [0.05, 0.1) is 10.6 Å².